The molecule has 28 heavy (non-hydrogen) atoms. The van der Waals surface area contributed by atoms with Crippen LogP contribution in [0.5, 0.6) is 0 Å². The van der Waals surface area contributed by atoms with E-state index < -0.39 is 21.9 Å². The minimum absolute atomic E-state index is 0.145. The number of para-hydroxylation sites is 1. The molecule has 0 aromatic heterocycles. The second-order valence-electron chi connectivity index (χ2n) is 6.86. The number of anilines is 2. The summed E-state index contributed by atoms with van der Waals surface area (Å²) >= 11 is 0. The molecule has 0 saturated carbocycles. The van der Waals surface area contributed by atoms with Gasteiger partial charge in [0.25, 0.3) is 0 Å². The van der Waals surface area contributed by atoms with Crippen LogP contribution in [-0.2, 0) is 14.8 Å². The first-order chi connectivity index (χ1) is 13.3. The van der Waals surface area contributed by atoms with Crippen molar-refractivity contribution in [3.05, 3.63) is 60.4 Å². The van der Waals surface area contributed by atoms with Crippen LogP contribution in [-0.4, -0.2) is 57.7 Å². The largest absolute Gasteiger partial charge is 0.368 e. The van der Waals surface area contributed by atoms with Gasteiger partial charge < -0.3 is 9.80 Å². The quantitative estimate of drug-likeness (QED) is 0.766. The molecule has 0 spiro atoms. The second kappa shape index (κ2) is 8.18. The van der Waals surface area contributed by atoms with Crippen LogP contribution in [0.3, 0.4) is 0 Å². The number of benzene rings is 2. The predicted octanol–water partition coefficient (Wildman–Crippen LogP) is 2.33. The number of hydrogen-bond acceptors (Lipinski definition) is 4. The molecular formula is C20H24FN3O3S. The molecule has 2 aromatic carbocycles. The third-order valence-corrected chi connectivity index (χ3v) is 6.08. The lowest BCUT2D eigenvalue weighted by atomic mass is 10.2. The fraction of sp³-hybridized carbons (Fsp3) is 0.350. The van der Waals surface area contributed by atoms with E-state index in [2.05, 4.69) is 4.90 Å². The van der Waals surface area contributed by atoms with Gasteiger partial charge in [0.2, 0.25) is 15.9 Å². The van der Waals surface area contributed by atoms with E-state index in [1.165, 1.54) is 25.1 Å². The van der Waals surface area contributed by atoms with E-state index >= 15 is 0 Å². The maximum absolute atomic E-state index is 13.6. The third kappa shape index (κ3) is 4.44. The fourth-order valence-electron chi connectivity index (χ4n) is 3.50. The van der Waals surface area contributed by atoms with Crippen molar-refractivity contribution in [2.75, 3.05) is 41.6 Å². The van der Waals surface area contributed by atoms with Crippen LogP contribution in [0, 0.1) is 5.82 Å². The summed E-state index contributed by atoms with van der Waals surface area (Å²) in [5, 5.41) is 0. The van der Waals surface area contributed by atoms with Crippen LogP contribution in [0.1, 0.15) is 6.92 Å². The van der Waals surface area contributed by atoms with Crippen LogP contribution >= 0.6 is 0 Å². The van der Waals surface area contributed by atoms with E-state index in [1.54, 1.807) is 4.90 Å². The number of amides is 1. The molecule has 2 aromatic rings. The highest BCUT2D eigenvalue weighted by atomic mass is 32.2. The summed E-state index contributed by atoms with van der Waals surface area (Å²) in [5.74, 6) is -0.843. The Morgan fingerprint density at radius 2 is 1.68 bits per heavy atom. The number of carbonyl (C=O) groups is 1. The van der Waals surface area contributed by atoms with Gasteiger partial charge >= 0.3 is 0 Å². The van der Waals surface area contributed by atoms with E-state index in [4.69, 9.17) is 0 Å². The van der Waals surface area contributed by atoms with Crippen molar-refractivity contribution in [1.29, 1.82) is 0 Å². The number of hydrogen-bond donors (Lipinski definition) is 0. The fourth-order valence-corrected chi connectivity index (χ4v) is 4.66. The van der Waals surface area contributed by atoms with E-state index in [1.807, 2.05) is 30.3 Å². The van der Waals surface area contributed by atoms with Crippen molar-refractivity contribution < 1.29 is 17.6 Å². The monoisotopic (exact) mass is 405 g/mol. The number of halogens is 1. The molecule has 0 N–H and O–H groups in total. The zero-order valence-corrected chi connectivity index (χ0v) is 16.8. The van der Waals surface area contributed by atoms with Crippen molar-refractivity contribution in [1.82, 2.24) is 4.90 Å². The SMILES string of the molecule is CC(C(=O)N1CCN(c2ccccc2)CC1)N(c1cccc(F)c1)S(C)(=O)=O. The summed E-state index contributed by atoms with van der Waals surface area (Å²) < 4.78 is 39.3. The van der Waals surface area contributed by atoms with Crippen LogP contribution in [0.4, 0.5) is 15.8 Å². The Labute approximate surface area is 165 Å². The first kappa shape index (κ1) is 20.1. The zero-order chi connectivity index (χ0) is 20.3. The number of carbonyl (C=O) groups excluding carboxylic acids is 1. The van der Waals surface area contributed by atoms with Gasteiger partial charge in [-0.05, 0) is 37.3 Å². The number of nitrogens with zero attached hydrogens (tertiary/aromatic N) is 3. The average molecular weight is 405 g/mol. The molecule has 0 bridgehead atoms. The summed E-state index contributed by atoms with van der Waals surface area (Å²) in [5.41, 5.74) is 1.24. The van der Waals surface area contributed by atoms with Crippen molar-refractivity contribution >= 4 is 27.3 Å². The summed E-state index contributed by atoms with van der Waals surface area (Å²) in [4.78, 5) is 16.9. The van der Waals surface area contributed by atoms with Crippen LogP contribution < -0.4 is 9.21 Å². The first-order valence-corrected chi connectivity index (χ1v) is 11.0. The first-order valence-electron chi connectivity index (χ1n) is 9.11. The maximum atomic E-state index is 13.6. The van der Waals surface area contributed by atoms with Crippen molar-refractivity contribution in [3.8, 4) is 0 Å². The Kier molecular flexibility index (Phi) is 5.88. The molecule has 1 saturated heterocycles. The van der Waals surface area contributed by atoms with Crippen molar-refractivity contribution in [3.63, 3.8) is 0 Å². The molecule has 1 atom stereocenters. The van der Waals surface area contributed by atoms with Gasteiger partial charge in [-0.3, -0.25) is 9.10 Å². The number of rotatable bonds is 5. The number of piperazine rings is 1. The molecule has 0 aliphatic carbocycles. The van der Waals surface area contributed by atoms with Gasteiger partial charge in [-0.15, -0.1) is 0 Å². The molecule has 3 rings (SSSR count). The standard InChI is InChI=1S/C20H24FN3O3S/c1-16(24(28(2,26)27)19-10-6-7-17(21)15-19)20(25)23-13-11-22(12-14-23)18-8-4-3-5-9-18/h3-10,15-16H,11-14H2,1-2H3. The molecule has 6 nitrogen and oxygen atoms in total. The van der Waals surface area contributed by atoms with Crippen LogP contribution in [0.15, 0.2) is 54.6 Å². The molecule has 150 valence electrons. The molecule has 1 aliphatic heterocycles. The smallest absolute Gasteiger partial charge is 0.246 e. The van der Waals surface area contributed by atoms with Gasteiger partial charge in [0.05, 0.1) is 11.9 Å². The van der Waals surface area contributed by atoms with Crippen LogP contribution in [0.25, 0.3) is 0 Å². The lowest BCUT2D eigenvalue weighted by Crippen LogP contribution is -2.55. The molecule has 8 heteroatoms. The lowest BCUT2D eigenvalue weighted by molar-refractivity contribution is -0.132. The maximum Gasteiger partial charge on any atom is 0.246 e. The van der Waals surface area contributed by atoms with Gasteiger partial charge in [-0.1, -0.05) is 24.3 Å². The van der Waals surface area contributed by atoms with Gasteiger partial charge in [-0.2, -0.15) is 0 Å². The van der Waals surface area contributed by atoms with E-state index in [0.717, 1.165) is 22.3 Å². The van der Waals surface area contributed by atoms with Crippen molar-refractivity contribution in [2.45, 2.75) is 13.0 Å². The molecule has 1 unspecified atom stereocenters. The number of sulfonamides is 1. The normalized spacial score (nSPS) is 16.0. The lowest BCUT2D eigenvalue weighted by Gasteiger charge is -2.39. The molecule has 1 heterocycles. The summed E-state index contributed by atoms with van der Waals surface area (Å²) in [6.07, 6.45) is 1.02. The molecule has 1 aliphatic rings. The van der Waals surface area contributed by atoms with E-state index in [0.29, 0.717) is 26.2 Å². The summed E-state index contributed by atoms with van der Waals surface area (Å²) in [6, 6.07) is 14.3. The third-order valence-electron chi connectivity index (χ3n) is 4.84. The van der Waals surface area contributed by atoms with E-state index in [9.17, 15) is 17.6 Å². The zero-order valence-electron chi connectivity index (χ0n) is 16.0. The second-order valence-corrected chi connectivity index (χ2v) is 8.72. The Morgan fingerprint density at radius 3 is 2.25 bits per heavy atom. The topological polar surface area (TPSA) is 60.9 Å². The highest BCUT2D eigenvalue weighted by Crippen LogP contribution is 2.23. The van der Waals surface area contributed by atoms with Gasteiger partial charge in [0, 0.05) is 31.9 Å². The Hall–Kier alpha value is -2.61. The summed E-state index contributed by atoms with van der Waals surface area (Å²) in [6.45, 7) is 3.87. The Morgan fingerprint density at radius 1 is 1.04 bits per heavy atom. The minimum Gasteiger partial charge on any atom is -0.368 e. The average Bonchev–Trinajstić information content (AvgIpc) is 2.67. The molecule has 0 radical (unpaired) electrons. The van der Waals surface area contributed by atoms with Crippen LogP contribution in [0.2, 0.25) is 0 Å². The predicted molar refractivity (Wildman–Crippen MR) is 108 cm³/mol. The highest BCUT2D eigenvalue weighted by Gasteiger charge is 2.33. The molecular weight excluding hydrogens is 381 g/mol. The Balaban J connectivity index is 1.74. The molecule has 1 amide bonds. The molecule has 1 fully saturated rings. The van der Waals surface area contributed by atoms with Gasteiger partial charge in [0.1, 0.15) is 11.9 Å². The van der Waals surface area contributed by atoms with Crippen molar-refractivity contribution in [2.24, 2.45) is 0 Å². The highest BCUT2D eigenvalue weighted by molar-refractivity contribution is 7.92. The summed E-state index contributed by atoms with van der Waals surface area (Å²) in [7, 11) is -3.76. The van der Waals surface area contributed by atoms with Gasteiger partial charge in [0.15, 0.2) is 0 Å². The van der Waals surface area contributed by atoms with Gasteiger partial charge in [-0.25, -0.2) is 12.8 Å². The minimum atomic E-state index is -3.76. The Bertz CT molecular complexity index is 929. The van der Waals surface area contributed by atoms with E-state index in [-0.39, 0.29) is 11.6 Å².